The predicted molar refractivity (Wildman–Crippen MR) is 68.6 cm³/mol. The van der Waals surface area contributed by atoms with E-state index in [4.69, 9.17) is 5.26 Å². The van der Waals surface area contributed by atoms with E-state index in [1.54, 1.807) is 0 Å². The van der Waals surface area contributed by atoms with Gasteiger partial charge >= 0.3 is 0 Å². The Morgan fingerprint density at radius 1 is 1.53 bits per heavy atom. The van der Waals surface area contributed by atoms with Gasteiger partial charge in [-0.3, -0.25) is 0 Å². The van der Waals surface area contributed by atoms with Crippen molar-refractivity contribution in [2.45, 2.75) is 51.6 Å². The largest absolute Gasteiger partial charge is 0.354 e. The lowest BCUT2D eigenvalue weighted by Gasteiger charge is -2.22. The van der Waals surface area contributed by atoms with Gasteiger partial charge in [-0.05, 0) is 43.4 Å². The molecule has 0 saturated heterocycles. The second kappa shape index (κ2) is 5.88. The molecule has 17 heavy (non-hydrogen) atoms. The maximum Gasteiger partial charge on any atom is 0.0622 e. The highest BCUT2D eigenvalue weighted by molar-refractivity contribution is 5.30. The number of rotatable bonds is 5. The first-order valence-electron chi connectivity index (χ1n) is 6.64. The lowest BCUT2D eigenvalue weighted by Crippen LogP contribution is -2.23. The summed E-state index contributed by atoms with van der Waals surface area (Å²) in [6, 6.07) is 2.75. The van der Waals surface area contributed by atoms with Crippen LogP contribution in [0, 0.1) is 11.3 Å². The second-order valence-electron chi connectivity index (χ2n) is 4.74. The van der Waals surface area contributed by atoms with Gasteiger partial charge in [0.05, 0.1) is 6.07 Å². The molecule has 1 heterocycles. The fraction of sp³-hybridized carbons (Fsp3) is 0.643. The number of nitrogens with one attached hydrogen (secondary N) is 1. The molecular formula is C14H21N3. The third kappa shape index (κ3) is 2.89. The molecule has 1 N–H and O–H groups in total. The summed E-state index contributed by atoms with van der Waals surface area (Å²) in [7, 11) is 0. The molecule has 1 aromatic heterocycles. The zero-order valence-corrected chi connectivity index (χ0v) is 10.6. The van der Waals surface area contributed by atoms with E-state index in [1.807, 2.05) is 0 Å². The molecule has 0 aromatic carbocycles. The molecule has 3 heteroatoms. The van der Waals surface area contributed by atoms with Crippen LogP contribution in [-0.4, -0.2) is 11.1 Å². The maximum atomic E-state index is 8.55. The molecule has 1 aliphatic rings. The molecule has 0 bridgehead atoms. The molecule has 0 aliphatic heterocycles. The Hall–Kier alpha value is -1.27. The molecule has 0 saturated carbocycles. The number of aromatic nitrogens is 1. The van der Waals surface area contributed by atoms with E-state index in [0.29, 0.717) is 12.5 Å². The van der Waals surface area contributed by atoms with Crippen molar-refractivity contribution in [1.82, 2.24) is 9.88 Å². The molecule has 92 valence electrons. The van der Waals surface area contributed by atoms with Gasteiger partial charge in [0.2, 0.25) is 0 Å². The van der Waals surface area contributed by atoms with Crippen LogP contribution >= 0.6 is 0 Å². The summed E-state index contributed by atoms with van der Waals surface area (Å²) in [4.78, 5) is 0. The Labute approximate surface area is 103 Å². The normalized spacial score (nSPS) is 18.7. The molecule has 1 atom stereocenters. The number of hydrogen-bond acceptors (Lipinski definition) is 2. The van der Waals surface area contributed by atoms with Crippen molar-refractivity contribution >= 4 is 0 Å². The number of nitrogens with zero attached hydrogens (tertiary/aromatic N) is 2. The van der Waals surface area contributed by atoms with Crippen molar-refractivity contribution in [3.63, 3.8) is 0 Å². The van der Waals surface area contributed by atoms with Crippen molar-refractivity contribution < 1.29 is 0 Å². The summed E-state index contributed by atoms with van der Waals surface area (Å²) in [6.45, 7) is 4.17. The summed E-state index contributed by atoms with van der Waals surface area (Å²) >= 11 is 0. The van der Waals surface area contributed by atoms with Crippen LogP contribution in [0.15, 0.2) is 12.4 Å². The van der Waals surface area contributed by atoms with E-state index in [0.717, 1.165) is 19.5 Å². The number of hydrogen-bond donors (Lipinski definition) is 1. The molecule has 3 nitrogen and oxygen atoms in total. The molecule has 0 radical (unpaired) electrons. The smallest absolute Gasteiger partial charge is 0.0622 e. The Morgan fingerprint density at radius 3 is 3.18 bits per heavy atom. The SMILES string of the molecule is CCNC1CCCc2cn(CCCC#N)cc21. The lowest BCUT2D eigenvalue weighted by atomic mass is 9.91. The molecular weight excluding hydrogens is 210 g/mol. The molecule has 0 amide bonds. The summed E-state index contributed by atoms with van der Waals surface area (Å²) < 4.78 is 2.26. The molecule has 1 unspecified atom stereocenters. The quantitative estimate of drug-likeness (QED) is 0.792. The third-order valence-corrected chi connectivity index (χ3v) is 3.47. The van der Waals surface area contributed by atoms with Crippen molar-refractivity contribution in [3.05, 3.63) is 23.5 Å². The van der Waals surface area contributed by atoms with Crippen LogP contribution < -0.4 is 5.32 Å². The highest BCUT2D eigenvalue weighted by atomic mass is 15.0. The van der Waals surface area contributed by atoms with Crippen LogP contribution in [0.3, 0.4) is 0 Å². The minimum absolute atomic E-state index is 0.543. The standard InChI is InChI=1S/C14H21N3/c1-2-16-14-7-5-6-12-10-17(11-13(12)14)9-4-3-8-15/h10-11,14,16H,2-7,9H2,1H3. The van der Waals surface area contributed by atoms with Crippen LogP contribution in [0.5, 0.6) is 0 Å². The topological polar surface area (TPSA) is 40.8 Å². The molecule has 0 spiro atoms. The Kier molecular flexibility index (Phi) is 4.22. The van der Waals surface area contributed by atoms with Crippen LogP contribution in [-0.2, 0) is 13.0 Å². The van der Waals surface area contributed by atoms with Crippen molar-refractivity contribution in [2.75, 3.05) is 6.54 Å². The van der Waals surface area contributed by atoms with Crippen molar-refractivity contribution in [1.29, 1.82) is 5.26 Å². The minimum atomic E-state index is 0.543. The van der Waals surface area contributed by atoms with Gasteiger partial charge in [0.25, 0.3) is 0 Å². The Morgan fingerprint density at radius 2 is 2.41 bits per heavy atom. The number of fused-ring (bicyclic) bond motifs is 1. The highest BCUT2D eigenvalue weighted by Crippen LogP contribution is 2.30. The van der Waals surface area contributed by atoms with Gasteiger partial charge in [0.1, 0.15) is 0 Å². The molecule has 2 rings (SSSR count). The van der Waals surface area contributed by atoms with Crippen LogP contribution in [0.4, 0.5) is 0 Å². The first kappa shape index (κ1) is 12.2. The predicted octanol–water partition coefficient (Wildman–Crippen LogP) is 2.78. The Balaban J connectivity index is 2.05. The average Bonchev–Trinajstić information content (AvgIpc) is 2.74. The third-order valence-electron chi connectivity index (χ3n) is 3.47. The van der Waals surface area contributed by atoms with Gasteiger partial charge < -0.3 is 9.88 Å². The van der Waals surface area contributed by atoms with Crippen molar-refractivity contribution in [3.8, 4) is 6.07 Å². The van der Waals surface area contributed by atoms with Crippen LogP contribution in [0.1, 0.15) is 49.8 Å². The summed E-state index contributed by atoms with van der Waals surface area (Å²) in [5.41, 5.74) is 2.98. The van der Waals surface area contributed by atoms with E-state index in [-0.39, 0.29) is 0 Å². The number of nitriles is 1. The van der Waals surface area contributed by atoms with Gasteiger partial charge in [-0.15, -0.1) is 0 Å². The highest BCUT2D eigenvalue weighted by Gasteiger charge is 2.20. The molecule has 1 aromatic rings. The first-order chi connectivity index (χ1) is 8.35. The Bertz CT molecular complexity index is 400. The summed E-state index contributed by atoms with van der Waals surface area (Å²) in [5, 5.41) is 12.1. The average molecular weight is 231 g/mol. The van der Waals surface area contributed by atoms with Gasteiger partial charge in [-0.1, -0.05) is 6.92 Å². The molecule has 1 aliphatic carbocycles. The van der Waals surface area contributed by atoms with E-state index < -0.39 is 0 Å². The minimum Gasteiger partial charge on any atom is -0.354 e. The zero-order valence-electron chi connectivity index (χ0n) is 10.6. The van der Waals surface area contributed by atoms with Crippen LogP contribution in [0.2, 0.25) is 0 Å². The van der Waals surface area contributed by atoms with Gasteiger partial charge in [0, 0.05) is 31.4 Å². The second-order valence-corrected chi connectivity index (χ2v) is 4.74. The number of unbranched alkanes of at least 4 members (excludes halogenated alkanes) is 1. The van der Waals surface area contributed by atoms with Crippen molar-refractivity contribution in [2.24, 2.45) is 0 Å². The van der Waals surface area contributed by atoms with Crippen LogP contribution in [0.25, 0.3) is 0 Å². The van der Waals surface area contributed by atoms with E-state index in [1.165, 1.54) is 30.4 Å². The fourth-order valence-electron chi connectivity index (χ4n) is 2.68. The van der Waals surface area contributed by atoms with E-state index >= 15 is 0 Å². The fourth-order valence-corrected chi connectivity index (χ4v) is 2.68. The van der Waals surface area contributed by atoms with Gasteiger partial charge in [-0.2, -0.15) is 5.26 Å². The summed E-state index contributed by atoms with van der Waals surface area (Å²) in [6.07, 6.45) is 9.91. The van der Waals surface area contributed by atoms with E-state index in [2.05, 4.69) is 35.3 Å². The van der Waals surface area contributed by atoms with Gasteiger partial charge in [-0.25, -0.2) is 0 Å². The zero-order chi connectivity index (χ0) is 12.1. The van der Waals surface area contributed by atoms with E-state index in [9.17, 15) is 0 Å². The van der Waals surface area contributed by atoms with Gasteiger partial charge in [0.15, 0.2) is 0 Å². The maximum absolute atomic E-state index is 8.55. The molecule has 0 fully saturated rings. The summed E-state index contributed by atoms with van der Waals surface area (Å²) in [5.74, 6) is 0. The lowest BCUT2D eigenvalue weighted by molar-refractivity contribution is 0.473. The first-order valence-corrected chi connectivity index (χ1v) is 6.64. The number of aryl methyl sites for hydroxylation is 2. The monoisotopic (exact) mass is 231 g/mol.